The van der Waals surface area contributed by atoms with Gasteiger partial charge in [-0.1, -0.05) is 36.4 Å². The number of rotatable bonds is 5. The number of carbonyl (C=O) groups excluding carboxylic acids is 2. The normalized spacial score (nSPS) is 15.2. The maximum absolute atomic E-state index is 13.0. The second kappa shape index (κ2) is 8.49. The Morgan fingerprint density at radius 1 is 1.08 bits per heavy atom. The van der Waals surface area contributed by atoms with Gasteiger partial charge in [0.15, 0.2) is 0 Å². The lowest BCUT2D eigenvalue weighted by Gasteiger charge is -2.31. The zero-order valence-electron chi connectivity index (χ0n) is 14.7. The van der Waals surface area contributed by atoms with Crippen LogP contribution in [-0.4, -0.2) is 50.1 Å². The third kappa shape index (κ3) is 4.21. The molecule has 1 atom stereocenters. The highest BCUT2D eigenvalue weighted by Crippen LogP contribution is 2.19. The van der Waals surface area contributed by atoms with Gasteiger partial charge < -0.3 is 19.7 Å². The lowest BCUT2D eigenvalue weighted by atomic mass is 10.0. The van der Waals surface area contributed by atoms with Gasteiger partial charge in [0.05, 0.1) is 20.3 Å². The smallest absolute Gasteiger partial charge is 0.252 e. The molecule has 26 heavy (non-hydrogen) atoms. The molecular weight excluding hydrogens is 332 g/mol. The molecule has 136 valence electrons. The molecule has 0 aromatic heterocycles. The number of morpholine rings is 1. The van der Waals surface area contributed by atoms with Crippen LogP contribution in [0.5, 0.6) is 5.75 Å². The second-order valence-electron chi connectivity index (χ2n) is 5.99. The van der Waals surface area contributed by atoms with Crippen LogP contribution in [0.2, 0.25) is 0 Å². The van der Waals surface area contributed by atoms with Crippen molar-refractivity contribution in [3.63, 3.8) is 0 Å². The summed E-state index contributed by atoms with van der Waals surface area (Å²) < 4.78 is 10.5. The van der Waals surface area contributed by atoms with E-state index >= 15 is 0 Å². The van der Waals surface area contributed by atoms with Crippen molar-refractivity contribution in [1.82, 2.24) is 10.2 Å². The first-order valence-electron chi connectivity index (χ1n) is 8.55. The van der Waals surface area contributed by atoms with Gasteiger partial charge in [-0.05, 0) is 23.8 Å². The Balaban J connectivity index is 1.83. The Morgan fingerprint density at radius 3 is 2.50 bits per heavy atom. The van der Waals surface area contributed by atoms with Gasteiger partial charge in [0.1, 0.15) is 11.8 Å². The van der Waals surface area contributed by atoms with Crippen LogP contribution in [0.1, 0.15) is 22.0 Å². The van der Waals surface area contributed by atoms with E-state index in [2.05, 4.69) is 5.32 Å². The van der Waals surface area contributed by atoms with E-state index in [1.165, 1.54) is 0 Å². The molecule has 0 saturated carbocycles. The molecule has 1 aliphatic rings. The van der Waals surface area contributed by atoms with Gasteiger partial charge in [0, 0.05) is 18.7 Å². The fourth-order valence-corrected chi connectivity index (χ4v) is 2.88. The number of amides is 2. The molecule has 1 aliphatic heterocycles. The Kier molecular flexibility index (Phi) is 5.86. The van der Waals surface area contributed by atoms with Crippen LogP contribution >= 0.6 is 0 Å². The van der Waals surface area contributed by atoms with Crippen LogP contribution in [-0.2, 0) is 9.53 Å². The molecule has 2 aromatic rings. The summed E-state index contributed by atoms with van der Waals surface area (Å²) in [5.41, 5.74) is 1.19. The van der Waals surface area contributed by atoms with Crippen molar-refractivity contribution in [3.8, 4) is 5.75 Å². The summed E-state index contributed by atoms with van der Waals surface area (Å²) in [6.45, 7) is 2.07. The number of nitrogens with one attached hydrogen (secondary N) is 1. The number of nitrogens with zero attached hydrogens (tertiary/aromatic N) is 1. The molecule has 0 unspecified atom stereocenters. The van der Waals surface area contributed by atoms with E-state index < -0.39 is 6.04 Å². The average Bonchev–Trinajstić information content (AvgIpc) is 2.72. The lowest BCUT2D eigenvalue weighted by Crippen LogP contribution is -2.47. The number of ether oxygens (including phenoxy) is 2. The maximum atomic E-state index is 13.0. The molecule has 0 radical (unpaired) electrons. The average molecular weight is 354 g/mol. The van der Waals surface area contributed by atoms with Crippen molar-refractivity contribution in [2.75, 3.05) is 33.4 Å². The third-order valence-electron chi connectivity index (χ3n) is 4.31. The Labute approximate surface area is 152 Å². The summed E-state index contributed by atoms with van der Waals surface area (Å²) >= 11 is 0. The molecule has 6 nitrogen and oxygen atoms in total. The van der Waals surface area contributed by atoms with Crippen molar-refractivity contribution in [2.24, 2.45) is 0 Å². The minimum Gasteiger partial charge on any atom is -0.497 e. The molecule has 0 bridgehead atoms. The predicted octanol–water partition coefficient (Wildman–Crippen LogP) is 2.03. The highest BCUT2D eigenvalue weighted by molar-refractivity contribution is 5.98. The van der Waals surface area contributed by atoms with E-state index in [0.717, 1.165) is 5.56 Å². The molecule has 1 fully saturated rings. The number of carbonyl (C=O) groups is 2. The van der Waals surface area contributed by atoms with Crippen LogP contribution in [0.3, 0.4) is 0 Å². The van der Waals surface area contributed by atoms with Gasteiger partial charge in [-0.2, -0.15) is 0 Å². The van der Waals surface area contributed by atoms with Crippen molar-refractivity contribution in [3.05, 3.63) is 65.7 Å². The molecule has 2 aromatic carbocycles. The summed E-state index contributed by atoms with van der Waals surface area (Å²) in [5.74, 6) is 0.142. The molecule has 1 N–H and O–H groups in total. The number of methoxy groups -OCH3 is 1. The highest BCUT2D eigenvalue weighted by atomic mass is 16.5. The van der Waals surface area contributed by atoms with Gasteiger partial charge in [-0.15, -0.1) is 0 Å². The third-order valence-corrected chi connectivity index (χ3v) is 4.31. The topological polar surface area (TPSA) is 67.9 Å². The zero-order valence-corrected chi connectivity index (χ0v) is 14.7. The van der Waals surface area contributed by atoms with Crippen LogP contribution in [0.4, 0.5) is 0 Å². The summed E-state index contributed by atoms with van der Waals surface area (Å²) in [7, 11) is 1.55. The van der Waals surface area contributed by atoms with Gasteiger partial charge in [0.25, 0.3) is 5.91 Å². The number of hydrogen-bond donors (Lipinski definition) is 1. The molecule has 0 aliphatic carbocycles. The monoisotopic (exact) mass is 354 g/mol. The van der Waals surface area contributed by atoms with Gasteiger partial charge >= 0.3 is 0 Å². The molecular formula is C20H22N2O4. The van der Waals surface area contributed by atoms with Crippen molar-refractivity contribution in [1.29, 1.82) is 0 Å². The lowest BCUT2D eigenvalue weighted by molar-refractivity contribution is -0.137. The summed E-state index contributed by atoms with van der Waals surface area (Å²) in [6, 6.07) is 15.4. The fraction of sp³-hybridized carbons (Fsp3) is 0.300. The fourth-order valence-electron chi connectivity index (χ4n) is 2.88. The van der Waals surface area contributed by atoms with Crippen LogP contribution < -0.4 is 10.1 Å². The summed E-state index contributed by atoms with van der Waals surface area (Å²) in [5, 5.41) is 2.87. The van der Waals surface area contributed by atoms with Gasteiger partial charge in [-0.25, -0.2) is 0 Å². The zero-order chi connectivity index (χ0) is 18.4. The number of benzene rings is 2. The largest absolute Gasteiger partial charge is 0.497 e. The first-order chi connectivity index (χ1) is 12.7. The van der Waals surface area contributed by atoms with Crippen LogP contribution in [0.15, 0.2) is 54.6 Å². The minimum atomic E-state index is -0.743. The highest BCUT2D eigenvalue weighted by Gasteiger charge is 2.28. The van der Waals surface area contributed by atoms with E-state index in [-0.39, 0.29) is 11.8 Å². The van der Waals surface area contributed by atoms with E-state index in [1.54, 1.807) is 36.3 Å². The van der Waals surface area contributed by atoms with Gasteiger partial charge in [-0.3, -0.25) is 9.59 Å². The second-order valence-corrected chi connectivity index (χ2v) is 5.99. The summed E-state index contributed by atoms with van der Waals surface area (Å²) in [6.07, 6.45) is 0. The van der Waals surface area contributed by atoms with Crippen LogP contribution in [0.25, 0.3) is 0 Å². The van der Waals surface area contributed by atoms with Crippen molar-refractivity contribution in [2.45, 2.75) is 6.04 Å². The molecule has 1 saturated heterocycles. The molecule has 2 amide bonds. The maximum Gasteiger partial charge on any atom is 0.252 e. The quantitative estimate of drug-likeness (QED) is 0.892. The molecule has 1 heterocycles. The standard InChI is InChI=1S/C20H22N2O4/c1-25-17-9-5-8-16(14-17)19(23)21-18(15-6-3-2-4-7-15)20(24)22-10-12-26-13-11-22/h2-9,14,18H,10-13H2,1H3,(H,21,23)/t18-/m1/s1. The first-order valence-corrected chi connectivity index (χ1v) is 8.55. The van der Waals surface area contributed by atoms with E-state index in [1.807, 2.05) is 30.3 Å². The molecule has 6 heteroatoms. The van der Waals surface area contributed by atoms with E-state index in [0.29, 0.717) is 37.6 Å². The molecule has 3 rings (SSSR count). The summed E-state index contributed by atoms with van der Waals surface area (Å²) in [4.78, 5) is 27.5. The first kappa shape index (κ1) is 17.9. The van der Waals surface area contributed by atoms with Crippen molar-refractivity contribution >= 4 is 11.8 Å². The Hall–Kier alpha value is -2.86. The van der Waals surface area contributed by atoms with Gasteiger partial charge in [0.2, 0.25) is 5.91 Å². The van der Waals surface area contributed by atoms with Crippen LogP contribution in [0, 0.1) is 0 Å². The Bertz CT molecular complexity index is 757. The SMILES string of the molecule is COc1cccc(C(=O)N[C@@H](C(=O)N2CCOCC2)c2ccccc2)c1. The minimum absolute atomic E-state index is 0.129. The Morgan fingerprint density at radius 2 is 1.81 bits per heavy atom. The number of hydrogen-bond acceptors (Lipinski definition) is 4. The van der Waals surface area contributed by atoms with Crippen molar-refractivity contribution < 1.29 is 19.1 Å². The van der Waals surface area contributed by atoms with E-state index in [9.17, 15) is 9.59 Å². The molecule has 0 spiro atoms. The van der Waals surface area contributed by atoms with E-state index in [4.69, 9.17) is 9.47 Å². The predicted molar refractivity (Wildman–Crippen MR) is 97.0 cm³/mol.